The van der Waals surface area contributed by atoms with Crippen molar-refractivity contribution in [1.29, 1.82) is 0 Å². The summed E-state index contributed by atoms with van der Waals surface area (Å²) in [5.41, 5.74) is 1.06. The van der Waals surface area contributed by atoms with Gasteiger partial charge in [0, 0.05) is 11.3 Å². The van der Waals surface area contributed by atoms with E-state index in [1.165, 1.54) is 47.8 Å². The Balaban J connectivity index is 2.24. The predicted octanol–water partition coefficient (Wildman–Crippen LogP) is 4.09. The summed E-state index contributed by atoms with van der Waals surface area (Å²) in [6.45, 7) is 0. The Morgan fingerprint density at radius 1 is 0.920 bits per heavy atom. The van der Waals surface area contributed by atoms with Gasteiger partial charge in [-0.3, -0.25) is 9.59 Å². The lowest BCUT2D eigenvalue weighted by Gasteiger charge is -2.14. The minimum Gasteiger partial charge on any atom is -0.321 e. The van der Waals surface area contributed by atoms with Gasteiger partial charge < -0.3 is 10.6 Å². The second-order valence-electron chi connectivity index (χ2n) is 4.85. The molecule has 2 aromatic carbocycles. The van der Waals surface area contributed by atoms with E-state index in [1.54, 1.807) is 24.3 Å². The highest BCUT2D eigenvalue weighted by Gasteiger charge is 2.19. The third-order valence-corrected chi connectivity index (χ3v) is 5.33. The minimum atomic E-state index is -0.463. The number of halogens is 1. The fraction of sp³-hybridized carbons (Fsp3) is 0.111. The second-order valence-corrected chi connectivity index (χ2v) is 6.74. The summed E-state index contributed by atoms with van der Waals surface area (Å²) in [4.78, 5) is 25.0. The highest BCUT2D eigenvalue weighted by molar-refractivity contribution is 8.21. The first-order chi connectivity index (χ1) is 12.0. The molecule has 7 heteroatoms. The first-order valence-electron chi connectivity index (χ1n) is 7.30. The quantitative estimate of drug-likeness (QED) is 0.746. The lowest BCUT2D eigenvalue weighted by Crippen LogP contribution is -2.31. The number of benzene rings is 2. The molecular formula is C18H17FN2O2S2. The fourth-order valence-corrected chi connectivity index (χ4v) is 3.35. The lowest BCUT2D eigenvalue weighted by molar-refractivity contribution is -0.113. The highest BCUT2D eigenvalue weighted by atomic mass is 32.2. The van der Waals surface area contributed by atoms with Crippen molar-refractivity contribution >= 4 is 41.0 Å². The topological polar surface area (TPSA) is 58.2 Å². The number of carbonyl (C=O) groups excluding carboxylic acids is 2. The molecule has 0 aliphatic rings. The van der Waals surface area contributed by atoms with Crippen LogP contribution in [-0.4, -0.2) is 24.3 Å². The van der Waals surface area contributed by atoms with E-state index in [0.717, 1.165) is 0 Å². The SMILES string of the molecule is CSC(SC)=C(NC(=O)c1ccccc1)C(=O)Nc1ccc(F)cc1. The maximum Gasteiger partial charge on any atom is 0.273 e. The van der Waals surface area contributed by atoms with Crippen molar-refractivity contribution in [2.75, 3.05) is 17.8 Å². The van der Waals surface area contributed by atoms with E-state index in [2.05, 4.69) is 10.6 Å². The third kappa shape index (κ3) is 5.37. The van der Waals surface area contributed by atoms with Crippen molar-refractivity contribution in [2.24, 2.45) is 0 Å². The molecule has 0 fully saturated rings. The van der Waals surface area contributed by atoms with Crippen molar-refractivity contribution < 1.29 is 14.0 Å². The Morgan fingerprint density at radius 3 is 2.08 bits per heavy atom. The van der Waals surface area contributed by atoms with E-state index in [0.29, 0.717) is 15.5 Å². The number of nitrogens with one attached hydrogen (secondary N) is 2. The number of hydrogen-bond acceptors (Lipinski definition) is 4. The molecule has 2 rings (SSSR count). The number of amides is 2. The Labute approximate surface area is 154 Å². The summed E-state index contributed by atoms with van der Waals surface area (Å²) in [5.74, 6) is -1.22. The molecule has 0 aliphatic heterocycles. The van der Waals surface area contributed by atoms with Crippen LogP contribution in [0.2, 0.25) is 0 Å². The van der Waals surface area contributed by atoms with Crippen LogP contribution in [0.3, 0.4) is 0 Å². The predicted molar refractivity (Wildman–Crippen MR) is 103 cm³/mol. The van der Waals surface area contributed by atoms with Crippen LogP contribution in [0, 0.1) is 5.82 Å². The maximum atomic E-state index is 13.0. The Kier molecular flexibility index (Phi) is 7.09. The van der Waals surface area contributed by atoms with Crippen LogP contribution in [0.25, 0.3) is 0 Å². The number of carbonyl (C=O) groups is 2. The van der Waals surface area contributed by atoms with Gasteiger partial charge in [0.15, 0.2) is 0 Å². The molecule has 130 valence electrons. The van der Waals surface area contributed by atoms with Gasteiger partial charge in [0.05, 0.1) is 4.24 Å². The van der Waals surface area contributed by atoms with E-state index in [9.17, 15) is 14.0 Å². The summed E-state index contributed by atoms with van der Waals surface area (Å²) in [6.07, 6.45) is 3.65. The number of rotatable bonds is 6. The molecule has 0 aromatic heterocycles. The minimum absolute atomic E-state index is 0.165. The van der Waals surface area contributed by atoms with Crippen molar-refractivity contribution in [3.05, 3.63) is 75.9 Å². The van der Waals surface area contributed by atoms with Crippen molar-refractivity contribution in [3.63, 3.8) is 0 Å². The Hall–Kier alpha value is -2.25. The van der Waals surface area contributed by atoms with Crippen LogP contribution < -0.4 is 10.6 Å². The first-order valence-corrected chi connectivity index (χ1v) is 9.75. The zero-order chi connectivity index (χ0) is 18.2. The van der Waals surface area contributed by atoms with Crippen LogP contribution in [0.5, 0.6) is 0 Å². The first kappa shape index (κ1) is 19.1. The van der Waals surface area contributed by atoms with Gasteiger partial charge in [0.2, 0.25) is 0 Å². The van der Waals surface area contributed by atoms with Gasteiger partial charge in [0.25, 0.3) is 11.8 Å². The van der Waals surface area contributed by atoms with E-state index in [4.69, 9.17) is 0 Å². The lowest BCUT2D eigenvalue weighted by atomic mass is 10.2. The van der Waals surface area contributed by atoms with Gasteiger partial charge in [-0.05, 0) is 48.9 Å². The van der Waals surface area contributed by atoms with Gasteiger partial charge in [-0.15, -0.1) is 23.5 Å². The molecule has 2 aromatic rings. The second kappa shape index (κ2) is 9.29. The number of hydrogen-bond donors (Lipinski definition) is 2. The van der Waals surface area contributed by atoms with Gasteiger partial charge in [-0.2, -0.15) is 0 Å². The van der Waals surface area contributed by atoms with Gasteiger partial charge in [0.1, 0.15) is 11.5 Å². The van der Waals surface area contributed by atoms with Crippen LogP contribution in [0.1, 0.15) is 10.4 Å². The molecule has 0 aliphatic carbocycles. The van der Waals surface area contributed by atoms with E-state index < -0.39 is 5.91 Å². The maximum absolute atomic E-state index is 13.0. The molecule has 0 saturated carbocycles. The van der Waals surface area contributed by atoms with Crippen LogP contribution in [-0.2, 0) is 4.79 Å². The number of anilines is 1. The average molecular weight is 376 g/mol. The smallest absolute Gasteiger partial charge is 0.273 e. The van der Waals surface area contributed by atoms with Crippen LogP contribution in [0.15, 0.2) is 64.5 Å². The van der Waals surface area contributed by atoms with Gasteiger partial charge >= 0.3 is 0 Å². The standard InChI is InChI=1S/C18H17FN2O2S2/c1-24-18(25-2)15(21-16(22)12-6-4-3-5-7-12)17(23)20-14-10-8-13(19)9-11-14/h3-11H,1-2H3,(H,20,23)(H,21,22). The molecule has 0 saturated heterocycles. The summed E-state index contributed by atoms with van der Waals surface area (Å²) < 4.78 is 13.7. The molecule has 0 unspecified atom stereocenters. The zero-order valence-corrected chi connectivity index (χ0v) is 15.3. The van der Waals surface area contributed by atoms with Crippen molar-refractivity contribution in [1.82, 2.24) is 5.32 Å². The molecule has 4 nitrogen and oxygen atoms in total. The van der Waals surface area contributed by atoms with E-state index >= 15 is 0 Å². The van der Waals surface area contributed by atoms with Crippen molar-refractivity contribution in [2.45, 2.75) is 0 Å². The van der Waals surface area contributed by atoms with E-state index in [-0.39, 0.29) is 17.4 Å². The summed E-state index contributed by atoms with van der Waals surface area (Å²) >= 11 is 2.73. The van der Waals surface area contributed by atoms with Crippen LogP contribution >= 0.6 is 23.5 Å². The Bertz CT molecular complexity index is 771. The molecule has 0 bridgehead atoms. The zero-order valence-electron chi connectivity index (χ0n) is 13.7. The van der Waals surface area contributed by atoms with Gasteiger partial charge in [-0.25, -0.2) is 4.39 Å². The molecule has 2 amide bonds. The normalized spacial score (nSPS) is 10.0. The summed E-state index contributed by atoms with van der Waals surface area (Å²) in [6, 6.07) is 14.1. The molecule has 2 N–H and O–H groups in total. The highest BCUT2D eigenvalue weighted by Crippen LogP contribution is 2.27. The molecule has 0 atom stereocenters. The fourth-order valence-electron chi connectivity index (χ4n) is 1.99. The van der Waals surface area contributed by atoms with Crippen molar-refractivity contribution in [3.8, 4) is 0 Å². The van der Waals surface area contributed by atoms with Crippen LogP contribution in [0.4, 0.5) is 10.1 Å². The largest absolute Gasteiger partial charge is 0.321 e. The van der Waals surface area contributed by atoms with Gasteiger partial charge in [-0.1, -0.05) is 18.2 Å². The molecule has 25 heavy (non-hydrogen) atoms. The van der Waals surface area contributed by atoms with E-state index in [1.807, 2.05) is 18.6 Å². The summed E-state index contributed by atoms with van der Waals surface area (Å²) in [7, 11) is 0. The average Bonchev–Trinajstić information content (AvgIpc) is 2.64. The monoisotopic (exact) mass is 376 g/mol. The Morgan fingerprint density at radius 2 is 1.52 bits per heavy atom. The molecule has 0 radical (unpaired) electrons. The molecule has 0 heterocycles. The molecule has 0 spiro atoms. The molecular weight excluding hydrogens is 359 g/mol. The number of thioether (sulfide) groups is 2. The third-order valence-electron chi connectivity index (χ3n) is 3.18. The summed E-state index contributed by atoms with van der Waals surface area (Å²) in [5, 5.41) is 5.35.